The molecule has 0 aliphatic heterocycles. The number of aromatic amines is 1. The van der Waals surface area contributed by atoms with Gasteiger partial charge in [0.05, 0.1) is 5.03 Å². The van der Waals surface area contributed by atoms with Crippen molar-refractivity contribution in [1.82, 2.24) is 4.98 Å². The van der Waals surface area contributed by atoms with Crippen LogP contribution in [0.2, 0.25) is 0 Å². The summed E-state index contributed by atoms with van der Waals surface area (Å²) >= 11 is 1.44. The highest BCUT2D eigenvalue weighted by molar-refractivity contribution is 7.99. The highest BCUT2D eigenvalue weighted by atomic mass is 32.2. The van der Waals surface area contributed by atoms with E-state index in [1.807, 2.05) is 30.3 Å². The summed E-state index contributed by atoms with van der Waals surface area (Å²) in [7, 11) is 0. The Balaban J connectivity index is 2.11. The summed E-state index contributed by atoms with van der Waals surface area (Å²) in [4.78, 5) is 26.1. The maximum atomic E-state index is 11.7. The van der Waals surface area contributed by atoms with Gasteiger partial charge in [0.15, 0.2) is 5.78 Å². The first-order valence-corrected chi connectivity index (χ1v) is 6.47. The molecule has 0 aliphatic carbocycles. The second-order valence-electron chi connectivity index (χ2n) is 3.87. The summed E-state index contributed by atoms with van der Waals surface area (Å²) < 4.78 is 0. The minimum atomic E-state index is -1.53. The summed E-state index contributed by atoms with van der Waals surface area (Å²) in [5.41, 5.74) is 0.288. The quantitative estimate of drug-likeness (QED) is 0.447. The molecule has 0 saturated carbocycles. The van der Waals surface area contributed by atoms with E-state index < -0.39 is 17.5 Å². The lowest BCUT2D eigenvalue weighted by atomic mass is 10.2. The molecule has 20 heavy (non-hydrogen) atoms. The van der Waals surface area contributed by atoms with Crippen LogP contribution in [-0.2, 0) is 4.79 Å². The van der Waals surface area contributed by atoms with Crippen LogP contribution in [0.3, 0.4) is 0 Å². The van der Waals surface area contributed by atoms with E-state index in [0.29, 0.717) is 6.08 Å². The molecule has 0 aliphatic rings. The molecule has 0 radical (unpaired) electrons. The fourth-order valence-electron chi connectivity index (χ4n) is 1.46. The monoisotopic (exact) mass is 289 g/mol. The van der Waals surface area contributed by atoms with E-state index in [-0.39, 0.29) is 5.56 Å². The van der Waals surface area contributed by atoms with Gasteiger partial charge in [-0.05, 0) is 18.2 Å². The van der Waals surface area contributed by atoms with Crippen LogP contribution in [0.15, 0.2) is 64.4 Å². The van der Waals surface area contributed by atoms with Gasteiger partial charge in [0.1, 0.15) is 0 Å². The van der Waals surface area contributed by atoms with Crippen molar-refractivity contribution >= 4 is 23.5 Å². The number of H-pyrrole nitrogens is 1. The third kappa shape index (κ3) is 3.52. The fraction of sp³-hybridized carbons (Fsp3) is 0. The predicted molar refractivity (Wildman–Crippen MR) is 74.0 cm³/mol. The SMILES string of the molecule is O=C(O)/C(O)=C/C(=O)c1c[nH]c(Sc2ccccc2)c1. The maximum absolute atomic E-state index is 11.7. The summed E-state index contributed by atoms with van der Waals surface area (Å²) in [6, 6.07) is 11.2. The van der Waals surface area contributed by atoms with Crippen LogP contribution in [0.5, 0.6) is 0 Å². The Morgan fingerprint density at radius 1 is 1.15 bits per heavy atom. The summed E-state index contributed by atoms with van der Waals surface area (Å²) in [5.74, 6) is -3.08. The molecule has 5 nitrogen and oxygen atoms in total. The highest BCUT2D eigenvalue weighted by Crippen LogP contribution is 2.26. The number of carbonyl (C=O) groups excluding carboxylic acids is 1. The predicted octanol–water partition coefficient (Wildman–Crippen LogP) is 2.88. The Labute approximate surface area is 119 Å². The largest absolute Gasteiger partial charge is 0.502 e. The first kappa shape index (κ1) is 14.0. The van der Waals surface area contributed by atoms with Crippen LogP contribution in [0.4, 0.5) is 0 Å². The number of ketones is 1. The number of carboxylic acids is 1. The highest BCUT2D eigenvalue weighted by Gasteiger charge is 2.11. The maximum Gasteiger partial charge on any atom is 0.371 e. The molecule has 3 N–H and O–H groups in total. The van der Waals surface area contributed by atoms with Crippen molar-refractivity contribution in [2.75, 3.05) is 0 Å². The van der Waals surface area contributed by atoms with E-state index in [0.717, 1.165) is 9.92 Å². The van der Waals surface area contributed by atoms with Gasteiger partial charge >= 0.3 is 5.97 Å². The number of nitrogens with one attached hydrogen (secondary N) is 1. The molecule has 1 aromatic carbocycles. The van der Waals surface area contributed by atoms with E-state index in [1.54, 1.807) is 6.07 Å². The molecule has 0 fully saturated rings. The Bertz CT molecular complexity index is 661. The number of aromatic nitrogens is 1. The average molecular weight is 289 g/mol. The number of aliphatic hydroxyl groups excluding tert-OH is 1. The number of aliphatic carboxylic acids is 1. The number of carboxylic acid groups (broad SMARTS) is 1. The Morgan fingerprint density at radius 3 is 2.50 bits per heavy atom. The van der Waals surface area contributed by atoms with Crippen molar-refractivity contribution in [3.05, 3.63) is 60.0 Å². The van der Waals surface area contributed by atoms with Crippen molar-refractivity contribution < 1.29 is 19.8 Å². The van der Waals surface area contributed by atoms with Gasteiger partial charge in [0.25, 0.3) is 0 Å². The van der Waals surface area contributed by atoms with Gasteiger partial charge in [-0.25, -0.2) is 4.79 Å². The number of carbonyl (C=O) groups is 2. The zero-order chi connectivity index (χ0) is 14.5. The molecule has 0 amide bonds. The molecular formula is C14H11NO4S. The minimum Gasteiger partial charge on any atom is -0.502 e. The van der Waals surface area contributed by atoms with E-state index in [4.69, 9.17) is 10.2 Å². The van der Waals surface area contributed by atoms with Gasteiger partial charge < -0.3 is 15.2 Å². The number of benzene rings is 1. The lowest BCUT2D eigenvalue weighted by Crippen LogP contribution is -2.03. The van der Waals surface area contributed by atoms with Gasteiger partial charge in [-0.3, -0.25) is 4.79 Å². The molecule has 102 valence electrons. The van der Waals surface area contributed by atoms with Crippen molar-refractivity contribution in [3.8, 4) is 0 Å². The third-order valence-corrected chi connectivity index (χ3v) is 3.36. The molecule has 0 unspecified atom stereocenters. The molecule has 0 atom stereocenters. The van der Waals surface area contributed by atoms with Gasteiger partial charge in [-0.15, -0.1) is 0 Å². The first-order chi connectivity index (χ1) is 9.56. The average Bonchev–Trinajstić information content (AvgIpc) is 2.88. The Morgan fingerprint density at radius 2 is 1.85 bits per heavy atom. The number of allylic oxidation sites excluding steroid dienone is 1. The normalized spacial score (nSPS) is 11.3. The smallest absolute Gasteiger partial charge is 0.371 e. The van der Waals surface area contributed by atoms with E-state index in [1.165, 1.54) is 18.0 Å². The number of hydrogen-bond acceptors (Lipinski definition) is 4. The van der Waals surface area contributed by atoms with Gasteiger partial charge in [0, 0.05) is 22.7 Å². The van der Waals surface area contributed by atoms with Crippen LogP contribution >= 0.6 is 11.8 Å². The molecule has 6 heteroatoms. The standard InChI is InChI=1S/C14H11NO4S/c16-11(7-12(17)14(18)19)9-6-13(15-8-9)20-10-4-2-1-3-5-10/h1-8,15,17H,(H,18,19)/b12-7-. The van der Waals surface area contributed by atoms with E-state index in [2.05, 4.69) is 4.98 Å². The molecule has 2 rings (SSSR count). The van der Waals surface area contributed by atoms with E-state index >= 15 is 0 Å². The zero-order valence-corrected chi connectivity index (χ0v) is 11.1. The fourth-order valence-corrected chi connectivity index (χ4v) is 2.31. The van der Waals surface area contributed by atoms with Gasteiger partial charge in [-0.2, -0.15) is 0 Å². The van der Waals surface area contributed by atoms with Gasteiger partial charge in [0.2, 0.25) is 5.76 Å². The van der Waals surface area contributed by atoms with Crippen molar-refractivity contribution in [2.24, 2.45) is 0 Å². The minimum absolute atomic E-state index is 0.288. The Kier molecular flexibility index (Phi) is 4.27. The summed E-state index contributed by atoms with van der Waals surface area (Å²) in [6.07, 6.45) is 2.15. The number of aliphatic hydroxyl groups is 1. The second-order valence-corrected chi connectivity index (χ2v) is 4.98. The third-order valence-electron chi connectivity index (χ3n) is 2.40. The topological polar surface area (TPSA) is 90.4 Å². The Hall–Kier alpha value is -2.47. The molecule has 1 heterocycles. The zero-order valence-electron chi connectivity index (χ0n) is 10.2. The lowest BCUT2D eigenvalue weighted by molar-refractivity contribution is -0.135. The van der Waals surface area contributed by atoms with E-state index in [9.17, 15) is 9.59 Å². The van der Waals surface area contributed by atoms with Crippen molar-refractivity contribution in [1.29, 1.82) is 0 Å². The molecular weight excluding hydrogens is 278 g/mol. The van der Waals surface area contributed by atoms with Crippen LogP contribution < -0.4 is 0 Å². The van der Waals surface area contributed by atoms with Crippen LogP contribution in [0, 0.1) is 0 Å². The van der Waals surface area contributed by atoms with Crippen LogP contribution in [0.1, 0.15) is 10.4 Å². The van der Waals surface area contributed by atoms with Crippen LogP contribution in [0.25, 0.3) is 0 Å². The molecule has 1 aromatic heterocycles. The van der Waals surface area contributed by atoms with Crippen molar-refractivity contribution in [2.45, 2.75) is 9.92 Å². The molecule has 0 bridgehead atoms. The first-order valence-electron chi connectivity index (χ1n) is 5.66. The number of hydrogen-bond donors (Lipinski definition) is 3. The summed E-state index contributed by atoms with van der Waals surface area (Å²) in [5, 5.41) is 18.3. The molecule has 2 aromatic rings. The number of rotatable bonds is 5. The van der Waals surface area contributed by atoms with Crippen LogP contribution in [-0.4, -0.2) is 26.9 Å². The van der Waals surface area contributed by atoms with Crippen molar-refractivity contribution in [3.63, 3.8) is 0 Å². The lowest BCUT2D eigenvalue weighted by Gasteiger charge is -1.96. The molecule has 0 spiro atoms. The second kappa shape index (κ2) is 6.12. The molecule has 0 saturated heterocycles. The van der Waals surface area contributed by atoms with Gasteiger partial charge in [-0.1, -0.05) is 30.0 Å². The summed E-state index contributed by atoms with van der Waals surface area (Å²) in [6.45, 7) is 0.